The van der Waals surface area contributed by atoms with Crippen molar-refractivity contribution < 1.29 is 28.5 Å². The summed E-state index contributed by atoms with van der Waals surface area (Å²) in [5, 5.41) is 3.12. The largest absolute Gasteiger partial charge is 0.497 e. The molecular formula is C27H33N3O6. The first kappa shape index (κ1) is 24.4. The molecule has 36 heavy (non-hydrogen) atoms. The van der Waals surface area contributed by atoms with Gasteiger partial charge >= 0.3 is 6.03 Å². The normalized spacial score (nSPS) is 22.2. The summed E-state index contributed by atoms with van der Waals surface area (Å²) in [6.07, 6.45) is 2.03. The number of amides is 3. The zero-order valence-electron chi connectivity index (χ0n) is 20.8. The quantitative estimate of drug-likeness (QED) is 0.535. The van der Waals surface area contributed by atoms with E-state index in [0.29, 0.717) is 13.0 Å². The highest BCUT2D eigenvalue weighted by Gasteiger charge is 2.55. The number of urea groups is 1. The van der Waals surface area contributed by atoms with E-state index in [9.17, 15) is 9.59 Å². The summed E-state index contributed by atoms with van der Waals surface area (Å²) in [7, 11) is 3.19. The van der Waals surface area contributed by atoms with E-state index in [1.807, 2.05) is 36.4 Å². The van der Waals surface area contributed by atoms with Crippen molar-refractivity contribution in [2.24, 2.45) is 5.92 Å². The number of imide groups is 1. The van der Waals surface area contributed by atoms with E-state index in [2.05, 4.69) is 16.3 Å². The van der Waals surface area contributed by atoms with Gasteiger partial charge < -0.3 is 24.3 Å². The van der Waals surface area contributed by atoms with E-state index in [-0.39, 0.29) is 31.2 Å². The van der Waals surface area contributed by atoms with Crippen molar-refractivity contribution in [3.05, 3.63) is 53.6 Å². The molecule has 0 saturated carbocycles. The Kier molecular flexibility index (Phi) is 7.02. The van der Waals surface area contributed by atoms with Gasteiger partial charge in [-0.1, -0.05) is 18.2 Å². The molecule has 1 atom stereocenters. The van der Waals surface area contributed by atoms with Crippen molar-refractivity contribution in [3.8, 4) is 17.2 Å². The lowest BCUT2D eigenvalue weighted by Crippen LogP contribution is -2.57. The first-order chi connectivity index (χ1) is 17.5. The fourth-order valence-corrected chi connectivity index (χ4v) is 5.56. The molecular weight excluding hydrogens is 462 g/mol. The zero-order chi connectivity index (χ0) is 25.1. The van der Waals surface area contributed by atoms with E-state index in [4.69, 9.17) is 18.9 Å². The summed E-state index contributed by atoms with van der Waals surface area (Å²) in [6.45, 7) is 3.28. The van der Waals surface area contributed by atoms with Crippen LogP contribution in [0.5, 0.6) is 17.2 Å². The van der Waals surface area contributed by atoms with Gasteiger partial charge in [-0.15, -0.1) is 0 Å². The lowest BCUT2D eigenvalue weighted by molar-refractivity contribution is -0.134. The fraction of sp³-hybridized carbons (Fsp3) is 0.481. The molecule has 3 amide bonds. The molecule has 2 aromatic carbocycles. The van der Waals surface area contributed by atoms with Gasteiger partial charge in [-0.3, -0.25) is 14.6 Å². The van der Waals surface area contributed by atoms with Gasteiger partial charge in [-0.2, -0.15) is 0 Å². The van der Waals surface area contributed by atoms with E-state index in [1.165, 1.54) is 10.5 Å². The number of benzene rings is 2. The van der Waals surface area contributed by atoms with Crippen LogP contribution in [-0.4, -0.2) is 74.5 Å². The summed E-state index contributed by atoms with van der Waals surface area (Å²) < 4.78 is 21.5. The maximum atomic E-state index is 13.8. The second-order valence-corrected chi connectivity index (χ2v) is 9.62. The Bertz CT molecular complexity index is 1120. The van der Waals surface area contributed by atoms with Gasteiger partial charge in [-0.05, 0) is 67.2 Å². The molecule has 192 valence electrons. The molecule has 2 aromatic rings. The summed E-state index contributed by atoms with van der Waals surface area (Å²) in [5.41, 5.74) is 1.14. The van der Waals surface area contributed by atoms with Crippen LogP contribution in [0, 0.1) is 5.92 Å². The fourth-order valence-electron chi connectivity index (χ4n) is 5.56. The molecule has 2 saturated heterocycles. The number of carbonyl (C=O) groups is 2. The average molecular weight is 496 g/mol. The van der Waals surface area contributed by atoms with Gasteiger partial charge in [0.25, 0.3) is 5.91 Å². The van der Waals surface area contributed by atoms with Crippen molar-refractivity contribution in [2.45, 2.75) is 31.3 Å². The molecule has 9 nitrogen and oxygen atoms in total. The molecule has 0 radical (unpaired) electrons. The molecule has 2 fully saturated rings. The minimum Gasteiger partial charge on any atom is -0.497 e. The van der Waals surface area contributed by atoms with Crippen LogP contribution in [0.2, 0.25) is 0 Å². The van der Waals surface area contributed by atoms with E-state index >= 15 is 0 Å². The smallest absolute Gasteiger partial charge is 0.325 e. The number of piperidine rings is 1. The third-order valence-corrected chi connectivity index (χ3v) is 7.47. The van der Waals surface area contributed by atoms with Gasteiger partial charge in [0.2, 0.25) is 6.79 Å². The monoisotopic (exact) mass is 495 g/mol. The molecule has 0 spiro atoms. The highest BCUT2D eigenvalue weighted by Crippen LogP contribution is 2.38. The number of fused-ring (bicyclic) bond motifs is 1. The highest BCUT2D eigenvalue weighted by atomic mass is 16.7. The minimum atomic E-state index is -0.984. The van der Waals surface area contributed by atoms with Gasteiger partial charge in [0, 0.05) is 20.1 Å². The molecule has 3 aliphatic heterocycles. The number of hydrogen-bond acceptors (Lipinski definition) is 7. The van der Waals surface area contributed by atoms with Crippen molar-refractivity contribution in [2.75, 3.05) is 47.3 Å². The first-order valence-corrected chi connectivity index (χ1v) is 12.4. The number of ether oxygens (including phenoxy) is 4. The molecule has 1 N–H and O–H groups in total. The van der Waals surface area contributed by atoms with Crippen molar-refractivity contribution in [1.29, 1.82) is 0 Å². The van der Waals surface area contributed by atoms with Gasteiger partial charge in [0.05, 0.1) is 20.3 Å². The number of nitrogens with one attached hydrogen (secondary N) is 1. The van der Waals surface area contributed by atoms with Crippen LogP contribution in [0.4, 0.5) is 4.79 Å². The lowest BCUT2D eigenvalue weighted by atomic mass is 9.74. The van der Waals surface area contributed by atoms with Crippen LogP contribution < -0.4 is 19.5 Å². The topological polar surface area (TPSA) is 89.6 Å². The van der Waals surface area contributed by atoms with Gasteiger partial charge in [0.15, 0.2) is 11.5 Å². The van der Waals surface area contributed by atoms with Crippen molar-refractivity contribution in [1.82, 2.24) is 15.1 Å². The number of carbonyl (C=O) groups excluding carboxylic acids is 2. The molecule has 3 aliphatic rings. The van der Waals surface area contributed by atoms with E-state index < -0.39 is 5.54 Å². The van der Waals surface area contributed by atoms with Crippen LogP contribution in [0.25, 0.3) is 0 Å². The SMILES string of the molecule is COCCN1C(=O)N[C@@](Cc2cccc(OC)c2)(C2CCN(Cc3ccc4c(c3)OCO4)CC2)C1=O. The molecule has 3 heterocycles. The van der Waals surface area contributed by atoms with Crippen molar-refractivity contribution in [3.63, 3.8) is 0 Å². The summed E-state index contributed by atoms with van der Waals surface area (Å²) in [4.78, 5) is 30.4. The summed E-state index contributed by atoms with van der Waals surface area (Å²) in [5.74, 6) is 2.15. The Morgan fingerprint density at radius 3 is 2.61 bits per heavy atom. The van der Waals surface area contributed by atoms with E-state index in [0.717, 1.165) is 55.3 Å². The number of likely N-dealkylation sites (tertiary alicyclic amines) is 1. The predicted octanol–water partition coefficient (Wildman–Crippen LogP) is 2.82. The summed E-state index contributed by atoms with van der Waals surface area (Å²) >= 11 is 0. The number of nitrogens with zero attached hydrogens (tertiary/aromatic N) is 2. The maximum Gasteiger partial charge on any atom is 0.325 e. The zero-order valence-corrected chi connectivity index (χ0v) is 20.8. The standard InChI is InChI=1S/C27H33N3O6/c1-33-13-12-30-25(31)27(28-26(30)32,16-19-4-3-5-22(14-19)34-2)21-8-10-29(11-9-21)17-20-6-7-23-24(15-20)36-18-35-23/h3-7,14-15,21H,8-13,16-18H2,1-2H3,(H,28,32)/t27-/m0/s1. The number of methoxy groups -OCH3 is 2. The van der Waals surface area contributed by atoms with Gasteiger partial charge in [0.1, 0.15) is 11.3 Å². The van der Waals surface area contributed by atoms with Crippen LogP contribution in [0.15, 0.2) is 42.5 Å². The third kappa shape index (κ3) is 4.73. The molecule has 0 bridgehead atoms. The summed E-state index contributed by atoms with van der Waals surface area (Å²) in [6, 6.07) is 13.4. The molecule has 0 aromatic heterocycles. The lowest BCUT2D eigenvalue weighted by Gasteiger charge is -2.41. The Morgan fingerprint density at radius 1 is 1.03 bits per heavy atom. The van der Waals surface area contributed by atoms with Crippen LogP contribution in [0.3, 0.4) is 0 Å². The molecule has 0 aliphatic carbocycles. The predicted molar refractivity (Wildman–Crippen MR) is 132 cm³/mol. The van der Waals surface area contributed by atoms with Gasteiger partial charge in [-0.25, -0.2) is 4.79 Å². The molecule has 5 rings (SSSR count). The molecule has 9 heteroatoms. The highest BCUT2D eigenvalue weighted by molar-refractivity contribution is 6.07. The number of rotatable bonds is 9. The second-order valence-electron chi connectivity index (χ2n) is 9.62. The van der Waals surface area contributed by atoms with Crippen molar-refractivity contribution >= 4 is 11.9 Å². The Morgan fingerprint density at radius 2 is 1.83 bits per heavy atom. The van der Waals surface area contributed by atoms with Crippen LogP contribution in [-0.2, 0) is 22.5 Å². The van der Waals surface area contributed by atoms with Crippen LogP contribution in [0.1, 0.15) is 24.0 Å². The second kappa shape index (κ2) is 10.4. The van der Waals surface area contributed by atoms with Crippen LogP contribution >= 0.6 is 0 Å². The Balaban J connectivity index is 1.33. The third-order valence-electron chi connectivity index (χ3n) is 7.47. The maximum absolute atomic E-state index is 13.8. The minimum absolute atomic E-state index is 0.0145. The Labute approximate surface area is 211 Å². The Hall–Kier alpha value is -3.30. The average Bonchev–Trinajstić information content (AvgIpc) is 3.45. The molecule has 0 unspecified atom stereocenters. The first-order valence-electron chi connectivity index (χ1n) is 12.4. The number of hydrogen-bond donors (Lipinski definition) is 1. The van der Waals surface area contributed by atoms with E-state index in [1.54, 1.807) is 14.2 Å².